The molecular weight excluding hydrogens is 304 g/mol. The molecule has 0 aromatic carbocycles. The van der Waals surface area contributed by atoms with Gasteiger partial charge in [-0.2, -0.15) is 4.98 Å². The van der Waals surface area contributed by atoms with Gasteiger partial charge >= 0.3 is 0 Å². The van der Waals surface area contributed by atoms with E-state index in [0.717, 1.165) is 48.5 Å². The minimum Gasteiger partial charge on any atom is -0.376 e. The van der Waals surface area contributed by atoms with Gasteiger partial charge in [0.15, 0.2) is 5.82 Å². The first-order chi connectivity index (χ1) is 11.8. The van der Waals surface area contributed by atoms with Gasteiger partial charge in [0.25, 0.3) is 0 Å². The molecule has 0 spiro atoms. The van der Waals surface area contributed by atoms with E-state index in [9.17, 15) is 0 Å². The average molecular weight is 324 g/mol. The Morgan fingerprint density at radius 2 is 2.25 bits per heavy atom. The Labute approximate surface area is 139 Å². The molecular formula is C17H20N6O. The monoisotopic (exact) mass is 324 g/mol. The summed E-state index contributed by atoms with van der Waals surface area (Å²) >= 11 is 0. The van der Waals surface area contributed by atoms with Crippen molar-refractivity contribution in [1.82, 2.24) is 19.5 Å². The minimum absolute atomic E-state index is 0.232. The molecule has 4 heterocycles. The molecule has 0 bridgehead atoms. The topological polar surface area (TPSA) is 90.9 Å². The van der Waals surface area contributed by atoms with Gasteiger partial charge in [-0.1, -0.05) is 6.07 Å². The van der Waals surface area contributed by atoms with Crippen molar-refractivity contribution in [1.29, 1.82) is 0 Å². The second-order valence-electron chi connectivity index (χ2n) is 5.94. The largest absolute Gasteiger partial charge is 0.376 e. The van der Waals surface area contributed by atoms with Crippen LogP contribution in [0.3, 0.4) is 0 Å². The molecule has 1 aliphatic heterocycles. The Hall–Kier alpha value is -2.67. The highest BCUT2D eigenvalue weighted by molar-refractivity contribution is 5.87. The fourth-order valence-corrected chi connectivity index (χ4v) is 3.06. The molecule has 1 saturated heterocycles. The zero-order valence-corrected chi connectivity index (χ0v) is 13.4. The van der Waals surface area contributed by atoms with E-state index in [4.69, 9.17) is 10.5 Å². The zero-order chi connectivity index (χ0) is 16.4. The van der Waals surface area contributed by atoms with Crippen molar-refractivity contribution in [3.05, 3.63) is 42.4 Å². The number of rotatable bonds is 5. The van der Waals surface area contributed by atoms with E-state index < -0.39 is 0 Å². The fraction of sp³-hybridized carbons (Fsp3) is 0.353. The van der Waals surface area contributed by atoms with Crippen molar-refractivity contribution in [2.24, 2.45) is 0 Å². The first-order valence-electron chi connectivity index (χ1n) is 8.17. The van der Waals surface area contributed by atoms with Crippen LogP contribution in [0.2, 0.25) is 0 Å². The second kappa shape index (κ2) is 6.45. The Bertz CT molecular complexity index is 826. The maximum Gasteiger partial charge on any atom is 0.222 e. The average Bonchev–Trinajstić information content (AvgIpc) is 3.24. The fourth-order valence-electron chi connectivity index (χ4n) is 3.06. The van der Waals surface area contributed by atoms with Gasteiger partial charge in [0, 0.05) is 25.5 Å². The van der Waals surface area contributed by atoms with Crippen molar-refractivity contribution in [2.75, 3.05) is 24.2 Å². The van der Waals surface area contributed by atoms with Crippen LogP contribution in [0.5, 0.6) is 0 Å². The van der Waals surface area contributed by atoms with Crippen molar-refractivity contribution in [2.45, 2.75) is 25.5 Å². The number of nitrogens with two attached hydrogens (primary N) is 1. The molecule has 1 aliphatic rings. The molecule has 1 unspecified atom stereocenters. The number of anilines is 2. The minimum atomic E-state index is 0.232. The maximum atomic E-state index is 5.86. The first kappa shape index (κ1) is 14.9. The molecule has 3 aromatic rings. The third kappa shape index (κ3) is 3.03. The lowest BCUT2D eigenvalue weighted by molar-refractivity contribution is 0.120. The molecule has 7 nitrogen and oxygen atoms in total. The van der Waals surface area contributed by atoms with Crippen LogP contribution >= 0.6 is 0 Å². The number of nitrogens with one attached hydrogen (secondary N) is 1. The summed E-state index contributed by atoms with van der Waals surface area (Å²) < 4.78 is 7.76. The molecule has 7 heteroatoms. The van der Waals surface area contributed by atoms with Crippen LogP contribution in [0.1, 0.15) is 18.5 Å². The number of hydrogen-bond acceptors (Lipinski definition) is 6. The van der Waals surface area contributed by atoms with Crippen LogP contribution in [0.25, 0.3) is 11.0 Å². The quantitative estimate of drug-likeness (QED) is 0.746. The van der Waals surface area contributed by atoms with Crippen LogP contribution in [0.15, 0.2) is 36.7 Å². The van der Waals surface area contributed by atoms with Crippen molar-refractivity contribution in [3.8, 4) is 0 Å². The molecule has 0 radical (unpaired) electrons. The van der Waals surface area contributed by atoms with Crippen LogP contribution in [0.4, 0.5) is 11.8 Å². The van der Waals surface area contributed by atoms with Crippen molar-refractivity contribution in [3.63, 3.8) is 0 Å². The highest BCUT2D eigenvalue weighted by Crippen LogP contribution is 2.24. The SMILES string of the molecule is Nc1nc(NCC2CCCO2)c2c(ccn2Cc2ccccn2)n1. The predicted molar refractivity (Wildman–Crippen MR) is 92.7 cm³/mol. The van der Waals surface area contributed by atoms with E-state index in [1.807, 2.05) is 30.5 Å². The number of nitrogen functional groups attached to an aromatic ring is 1. The van der Waals surface area contributed by atoms with Crippen molar-refractivity contribution < 1.29 is 4.74 Å². The van der Waals surface area contributed by atoms with Gasteiger partial charge in [-0.15, -0.1) is 0 Å². The number of pyridine rings is 1. The number of ether oxygens (including phenoxy) is 1. The second-order valence-corrected chi connectivity index (χ2v) is 5.94. The molecule has 0 amide bonds. The maximum absolute atomic E-state index is 5.86. The lowest BCUT2D eigenvalue weighted by Crippen LogP contribution is -2.20. The Balaban J connectivity index is 1.65. The smallest absolute Gasteiger partial charge is 0.222 e. The number of aromatic nitrogens is 4. The van der Waals surface area contributed by atoms with Gasteiger partial charge in [-0.05, 0) is 31.0 Å². The molecule has 24 heavy (non-hydrogen) atoms. The molecule has 1 fully saturated rings. The number of nitrogens with zero attached hydrogens (tertiary/aromatic N) is 4. The summed E-state index contributed by atoms with van der Waals surface area (Å²) in [5.41, 5.74) is 8.60. The highest BCUT2D eigenvalue weighted by Gasteiger charge is 2.17. The Morgan fingerprint density at radius 1 is 1.29 bits per heavy atom. The Morgan fingerprint density at radius 3 is 3.04 bits per heavy atom. The van der Waals surface area contributed by atoms with E-state index >= 15 is 0 Å². The summed E-state index contributed by atoms with van der Waals surface area (Å²) in [5.74, 6) is 1.02. The van der Waals surface area contributed by atoms with E-state index in [2.05, 4.69) is 24.8 Å². The first-order valence-corrected chi connectivity index (χ1v) is 8.17. The summed E-state index contributed by atoms with van der Waals surface area (Å²) in [6.45, 7) is 2.22. The lowest BCUT2D eigenvalue weighted by Gasteiger charge is -2.14. The lowest BCUT2D eigenvalue weighted by atomic mass is 10.2. The number of fused-ring (bicyclic) bond motifs is 1. The van der Waals surface area contributed by atoms with E-state index in [1.54, 1.807) is 6.20 Å². The Kier molecular flexibility index (Phi) is 4.00. The zero-order valence-electron chi connectivity index (χ0n) is 13.4. The summed E-state index contributed by atoms with van der Waals surface area (Å²) in [7, 11) is 0. The van der Waals surface area contributed by atoms with Crippen LogP contribution in [-0.4, -0.2) is 38.8 Å². The molecule has 124 valence electrons. The molecule has 4 rings (SSSR count). The van der Waals surface area contributed by atoms with E-state index in [-0.39, 0.29) is 12.1 Å². The standard InChI is InChI=1S/C17H20N6O/c18-17-21-14-6-8-23(11-12-4-1-2-7-19-12)15(14)16(22-17)20-10-13-5-3-9-24-13/h1-2,4,6-8,13H,3,5,9-11H2,(H3,18,20,21,22). The summed E-state index contributed by atoms with van der Waals surface area (Å²) in [4.78, 5) is 13.1. The number of hydrogen-bond donors (Lipinski definition) is 2. The molecule has 1 atom stereocenters. The van der Waals surface area contributed by atoms with Crippen LogP contribution < -0.4 is 11.1 Å². The van der Waals surface area contributed by atoms with Crippen LogP contribution in [0, 0.1) is 0 Å². The van der Waals surface area contributed by atoms with Gasteiger partial charge in [-0.3, -0.25) is 4.98 Å². The normalized spacial score (nSPS) is 17.4. The van der Waals surface area contributed by atoms with E-state index in [1.165, 1.54) is 0 Å². The molecule has 0 saturated carbocycles. The highest BCUT2D eigenvalue weighted by atomic mass is 16.5. The third-order valence-electron chi connectivity index (χ3n) is 4.21. The predicted octanol–water partition coefficient (Wildman–Crippen LogP) is 2.05. The van der Waals surface area contributed by atoms with E-state index in [0.29, 0.717) is 6.54 Å². The van der Waals surface area contributed by atoms with Gasteiger partial charge < -0.3 is 20.4 Å². The summed E-state index contributed by atoms with van der Waals surface area (Å²) in [6.07, 6.45) is 6.21. The van der Waals surface area contributed by atoms with Crippen LogP contribution in [-0.2, 0) is 11.3 Å². The van der Waals surface area contributed by atoms with Gasteiger partial charge in [0.1, 0.15) is 5.52 Å². The van der Waals surface area contributed by atoms with Gasteiger partial charge in [0.05, 0.1) is 23.9 Å². The molecule has 3 N–H and O–H groups in total. The van der Waals surface area contributed by atoms with Gasteiger partial charge in [0.2, 0.25) is 5.95 Å². The molecule has 0 aliphatic carbocycles. The molecule has 3 aromatic heterocycles. The van der Waals surface area contributed by atoms with Gasteiger partial charge in [-0.25, -0.2) is 4.98 Å². The van der Waals surface area contributed by atoms with Crippen molar-refractivity contribution >= 4 is 22.8 Å². The summed E-state index contributed by atoms with van der Waals surface area (Å²) in [6, 6.07) is 7.85. The third-order valence-corrected chi connectivity index (χ3v) is 4.21. The summed E-state index contributed by atoms with van der Waals surface area (Å²) in [5, 5.41) is 3.39.